The Labute approximate surface area is 106 Å². The van der Waals surface area contributed by atoms with E-state index in [2.05, 4.69) is 4.84 Å². The molecule has 1 heterocycles. The minimum absolute atomic E-state index is 0.0611. The van der Waals surface area contributed by atoms with Gasteiger partial charge in [-0.3, -0.25) is 10.1 Å². The van der Waals surface area contributed by atoms with Crippen molar-refractivity contribution in [2.45, 2.75) is 13.0 Å². The molecule has 19 heavy (non-hydrogen) atoms. The van der Waals surface area contributed by atoms with E-state index in [-0.39, 0.29) is 17.0 Å². The molecule has 0 aliphatic carbocycles. The van der Waals surface area contributed by atoms with Crippen molar-refractivity contribution in [1.29, 1.82) is 0 Å². The van der Waals surface area contributed by atoms with Gasteiger partial charge in [0.15, 0.2) is 11.5 Å². The summed E-state index contributed by atoms with van der Waals surface area (Å²) in [5.74, 6) is 0.556. The molecule has 0 N–H and O–H groups in total. The van der Waals surface area contributed by atoms with Gasteiger partial charge in [-0.2, -0.15) is 0 Å². The van der Waals surface area contributed by atoms with Crippen molar-refractivity contribution in [3.63, 3.8) is 0 Å². The number of ether oxygens (including phenoxy) is 2. The zero-order valence-corrected chi connectivity index (χ0v) is 9.90. The van der Waals surface area contributed by atoms with Crippen molar-refractivity contribution in [2.24, 2.45) is 0 Å². The van der Waals surface area contributed by atoms with E-state index in [0.717, 1.165) is 0 Å². The Morgan fingerprint density at radius 2 is 1.79 bits per heavy atom. The van der Waals surface area contributed by atoms with Gasteiger partial charge in [-0.05, 0) is 13.0 Å². The molecule has 9 heteroatoms. The van der Waals surface area contributed by atoms with Gasteiger partial charge in [0, 0.05) is 0 Å². The van der Waals surface area contributed by atoms with Crippen LogP contribution in [-0.4, -0.2) is 23.2 Å². The van der Waals surface area contributed by atoms with E-state index < -0.39 is 16.1 Å². The van der Waals surface area contributed by atoms with Gasteiger partial charge in [0.1, 0.15) is 19.3 Å². The first kappa shape index (κ1) is 12.9. The van der Waals surface area contributed by atoms with Crippen LogP contribution in [0, 0.1) is 20.2 Å². The molecule has 0 bridgehead atoms. The van der Waals surface area contributed by atoms with Crippen LogP contribution in [0.5, 0.6) is 11.5 Å². The van der Waals surface area contributed by atoms with Gasteiger partial charge >= 0.3 is 0 Å². The van der Waals surface area contributed by atoms with E-state index in [1.54, 1.807) is 0 Å². The van der Waals surface area contributed by atoms with E-state index in [4.69, 9.17) is 9.47 Å². The van der Waals surface area contributed by atoms with Gasteiger partial charge in [-0.15, -0.1) is 10.1 Å². The Kier molecular flexibility index (Phi) is 3.36. The molecule has 1 aliphatic heterocycles. The first-order chi connectivity index (χ1) is 8.99. The Hall–Kier alpha value is -2.58. The quantitative estimate of drug-likeness (QED) is 0.603. The van der Waals surface area contributed by atoms with Crippen molar-refractivity contribution >= 4 is 5.69 Å². The molecule has 0 radical (unpaired) electrons. The molecule has 0 fully saturated rings. The average molecular weight is 270 g/mol. The molecule has 1 aliphatic rings. The minimum Gasteiger partial charge on any atom is -0.486 e. The molecule has 9 nitrogen and oxygen atoms in total. The summed E-state index contributed by atoms with van der Waals surface area (Å²) in [6.45, 7) is 1.96. The van der Waals surface area contributed by atoms with E-state index in [0.29, 0.717) is 19.0 Å². The second kappa shape index (κ2) is 4.96. The fourth-order valence-corrected chi connectivity index (χ4v) is 1.76. The highest BCUT2D eigenvalue weighted by molar-refractivity contribution is 5.55. The molecule has 102 valence electrons. The van der Waals surface area contributed by atoms with Crippen LogP contribution in [0.2, 0.25) is 0 Å². The van der Waals surface area contributed by atoms with Crippen LogP contribution < -0.4 is 9.47 Å². The van der Waals surface area contributed by atoms with Crippen molar-refractivity contribution in [3.8, 4) is 11.5 Å². The molecule has 0 spiro atoms. The van der Waals surface area contributed by atoms with Gasteiger partial charge in [-0.1, -0.05) is 0 Å². The number of nitro benzene ring substituents is 1. The largest absolute Gasteiger partial charge is 0.486 e. The van der Waals surface area contributed by atoms with Gasteiger partial charge in [0.25, 0.3) is 10.8 Å². The second-order valence-electron chi connectivity index (χ2n) is 3.78. The van der Waals surface area contributed by atoms with Crippen LogP contribution in [0.1, 0.15) is 18.6 Å². The Morgan fingerprint density at radius 3 is 2.32 bits per heavy atom. The van der Waals surface area contributed by atoms with Gasteiger partial charge in [-0.25, -0.2) is 0 Å². The highest BCUT2D eigenvalue weighted by Crippen LogP contribution is 2.39. The summed E-state index contributed by atoms with van der Waals surface area (Å²) in [7, 11) is 0. The standard InChI is InChI=1S/C10H10N2O7/c1-6(19-12(15)16)7-4-9-10(18-3-2-17-9)5-8(7)11(13)14/h4-6H,2-3H2,1H3/t6-/m0/s1. The SMILES string of the molecule is C[C@H](O[N+](=O)[O-])c1cc2c(cc1[N+](=O)[O-])OCCO2. The number of nitro groups is 1. The first-order valence-electron chi connectivity index (χ1n) is 5.38. The summed E-state index contributed by atoms with van der Waals surface area (Å²) < 4.78 is 10.5. The fourth-order valence-electron chi connectivity index (χ4n) is 1.76. The third-order valence-electron chi connectivity index (χ3n) is 2.57. The van der Waals surface area contributed by atoms with Crippen molar-refractivity contribution in [3.05, 3.63) is 37.9 Å². The number of fused-ring (bicyclic) bond motifs is 1. The van der Waals surface area contributed by atoms with E-state index >= 15 is 0 Å². The predicted octanol–water partition coefficient (Wildman–Crippen LogP) is 1.64. The van der Waals surface area contributed by atoms with E-state index in [9.17, 15) is 20.2 Å². The summed E-state index contributed by atoms with van der Waals surface area (Å²) >= 11 is 0. The van der Waals surface area contributed by atoms with Crippen LogP contribution in [0.4, 0.5) is 5.69 Å². The smallest absolute Gasteiger partial charge is 0.295 e. The van der Waals surface area contributed by atoms with Gasteiger partial charge in [0.05, 0.1) is 16.6 Å². The Morgan fingerprint density at radius 1 is 1.21 bits per heavy atom. The van der Waals surface area contributed by atoms with Crippen molar-refractivity contribution in [1.82, 2.24) is 0 Å². The molecule has 0 saturated carbocycles. The summed E-state index contributed by atoms with van der Waals surface area (Å²) in [6.07, 6.45) is -1.08. The normalized spacial score (nSPS) is 14.6. The van der Waals surface area contributed by atoms with Crippen molar-refractivity contribution < 1.29 is 24.3 Å². The lowest BCUT2D eigenvalue weighted by molar-refractivity contribution is -0.770. The summed E-state index contributed by atoms with van der Waals surface area (Å²) in [4.78, 5) is 25.0. The molecule has 1 aromatic carbocycles. The molecular weight excluding hydrogens is 260 g/mol. The van der Waals surface area contributed by atoms with Crippen LogP contribution in [0.15, 0.2) is 12.1 Å². The second-order valence-corrected chi connectivity index (χ2v) is 3.78. The average Bonchev–Trinajstić information content (AvgIpc) is 2.36. The third-order valence-corrected chi connectivity index (χ3v) is 2.57. The van der Waals surface area contributed by atoms with E-state index in [1.807, 2.05) is 0 Å². The Bertz CT molecular complexity index is 531. The van der Waals surface area contributed by atoms with Crippen molar-refractivity contribution in [2.75, 3.05) is 13.2 Å². The van der Waals surface area contributed by atoms with Crippen LogP contribution in [0.25, 0.3) is 0 Å². The number of hydrogen-bond acceptors (Lipinski definition) is 7. The molecule has 0 unspecified atom stereocenters. The number of nitrogens with zero attached hydrogens (tertiary/aromatic N) is 2. The Balaban J connectivity index is 2.45. The fraction of sp³-hybridized carbons (Fsp3) is 0.400. The maximum atomic E-state index is 11.0. The summed E-state index contributed by atoms with van der Waals surface area (Å²) in [5.41, 5.74) is -0.246. The summed E-state index contributed by atoms with van der Waals surface area (Å²) in [6, 6.07) is 2.52. The molecule has 1 aromatic rings. The lowest BCUT2D eigenvalue weighted by Gasteiger charge is -2.20. The topological polar surface area (TPSA) is 114 Å². The maximum Gasteiger partial charge on any atom is 0.295 e. The molecule has 0 amide bonds. The highest BCUT2D eigenvalue weighted by atomic mass is 17.0. The van der Waals surface area contributed by atoms with Crippen LogP contribution >= 0.6 is 0 Å². The zero-order valence-electron chi connectivity index (χ0n) is 9.90. The number of rotatable bonds is 4. The lowest BCUT2D eigenvalue weighted by atomic mass is 10.1. The number of hydrogen-bond donors (Lipinski definition) is 0. The van der Waals surface area contributed by atoms with E-state index in [1.165, 1.54) is 19.1 Å². The van der Waals surface area contributed by atoms with Crippen LogP contribution in [-0.2, 0) is 4.84 Å². The molecular formula is C10H10N2O7. The van der Waals surface area contributed by atoms with Crippen LogP contribution in [0.3, 0.4) is 0 Å². The minimum atomic E-state index is -1.08. The molecule has 1 atom stereocenters. The highest BCUT2D eigenvalue weighted by Gasteiger charge is 2.26. The first-order valence-corrected chi connectivity index (χ1v) is 5.38. The lowest BCUT2D eigenvalue weighted by Crippen LogP contribution is -2.17. The monoisotopic (exact) mass is 270 g/mol. The molecule has 0 saturated heterocycles. The maximum absolute atomic E-state index is 11.0. The molecule has 0 aromatic heterocycles. The zero-order chi connectivity index (χ0) is 14.0. The summed E-state index contributed by atoms with van der Waals surface area (Å²) in [5, 5.41) is 20.3. The molecule has 2 rings (SSSR count). The predicted molar refractivity (Wildman–Crippen MR) is 60.6 cm³/mol. The van der Waals surface area contributed by atoms with Gasteiger partial charge in [0.2, 0.25) is 0 Å². The third kappa shape index (κ3) is 2.64. The number of benzene rings is 1. The van der Waals surface area contributed by atoms with Gasteiger partial charge < -0.3 is 14.3 Å².